The molecule has 120 valence electrons. The molecule has 0 unspecified atom stereocenters. The minimum absolute atomic E-state index is 0.142. The summed E-state index contributed by atoms with van der Waals surface area (Å²) in [6, 6.07) is 0.347. The van der Waals surface area contributed by atoms with Gasteiger partial charge in [0.15, 0.2) is 0 Å². The van der Waals surface area contributed by atoms with E-state index in [1.165, 1.54) is 4.88 Å². The molecular weight excluding hydrogens is 298 g/mol. The van der Waals surface area contributed by atoms with Crippen LogP contribution < -0.4 is 10.9 Å². The van der Waals surface area contributed by atoms with Gasteiger partial charge >= 0.3 is 0 Å². The maximum Gasteiger partial charge on any atom is 0.262 e. The molecule has 1 saturated carbocycles. The van der Waals surface area contributed by atoms with Crippen molar-refractivity contribution in [1.82, 2.24) is 14.9 Å². The Morgan fingerprint density at radius 3 is 2.86 bits per heavy atom. The van der Waals surface area contributed by atoms with Crippen molar-refractivity contribution >= 4 is 21.6 Å². The first-order valence-electron chi connectivity index (χ1n) is 7.84. The molecule has 0 aromatic carbocycles. The van der Waals surface area contributed by atoms with Crippen molar-refractivity contribution in [3.05, 3.63) is 26.6 Å². The van der Waals surface area contributed by atoms with Gasteiger partial charge in [0.25, 0.3) is 5.56 Å². The van der Waals surface area contributed by atoms with Gasteiger partial charge in [-0.15, -0.1) is 11.3 Å². The summed E-state index contributed by atoms with van der Waals surface area (Å²) in [4.78, 5) is 19.7. The van der Waals surface area contributed by atoms with Crippen molar-refractivity contribution in [2.75, 3.05) is 20.3 Å². The molecule has 1 aliphatic carbocycles. The van der Waals surface area contributed by atoms with Crippen molar-refractivity contribution in [2.24, 2.45) is 0 Å². The number of hydrogen-bond acceptors (Lipinski definition) is 5. The van der Waals surface area contributed by atoms with Gasteiger partial charge < -0.3 is 10.1 Å². The normalized spacial score (nSPS) is 14.9. The molecule has 6 heteroatoms. The Bertz CT molecular complexity index is 731. The van der Waals surface area contributed by atoms with Crippen molar-refractivity contribution in [1.29, 1.82) is 0 Å². The van der Waals surface area contributed by atoms with Gasteiger partial charge in [-0.1, -0.05) is 0 Å². The zero-order valence-corrected chi connectivity index (χ0v) is 14.3. The van der Waals surface area contributed by atoms with E-state index in [2.05, 4.69) is 12.2 Å². The summed E-state index contributed by atoms with van der Waals surface area (Å²) in [5, 5.41) is 4.19. The van der Waals surface area contributed by atoms with Crippen LogP contribution in [0.15, 0.2) is 4.79 Å². The fourth-order valence-electron chi connectivity index (χ4n) is 2.72. The molecule has 2 heterocycles. The highest BCUT2D eigenvalue weighted by Gasteiger charge is 2.29. The van der Waals surface area contributed by atoms with Gasteiger partial charge in [-0.05, 0) is 45.2 Å². The maximum atomic E-state index is 12.9. The predicted molar refractivity (Wildman–Crippen MR) is 89.8 cm³/mol. The van der Waals surface area contributed by atoms with Crippen LogP contribution in [0.1, 0.15) is 41.6 Å². The Labute approximate surface area is 134 Å². The number of aromatic nitrogens is 2. The zero-order chi connectivity index (χ0) is 15.7. The molecule has 0 aliphatic heterocycles. The molecule has 2 aromatic heterocycles. The third kappa shape index (κ3) is 2.95. The highest BCUT2D eigenvalue weighted by Crippen LogP contribution is 2.36. The molecule has 22 heavy (non-hydrogen) atoms. The third-order valence-electron chi connectivity index (χ3n) is 4.21. The molecule has 0 saturated heterocycles. The molecule has 5 nitrogen and oxygen atoms in total. The monoisotopic (exact) mass is 321 g/mol. The van der Waals surface area contributed by atoms with Gasteiger partial charge in [0.1, 0.15) is 10.7 Å². The third-order valence-corrected chi connectivity index (χ3v) is 5.31. The van der Waals surface area contributed by atoms with Gasteiger partial charge in [0.05, 0.1) is 11.9 Å². The lowest BCUT2D eigenvalue weighted by Gasteiger charge is -2.12. The van der Waals surface area contributed by atoms with Crippen LogP contribution in [0, 0.1) is 13.8 Å². The number of ether oxygens (including phenoxy) is 1. The van der Waals surface area contributed by atoms with Crippen LogP contribution in [0.25, 0.3) is 10.2 Å². The van der Waals surface area contributed by atoms with Gasteiger partial charge in [0.2, 0.25) is 0 Å². The van der Waals surface area contributed by atoms with E-state index in [0.717, 1.165) is 54.0 Å². The highest BCUT2D eigenvalue weighted by molar-refractivity contribution is 7.18. The van der Waals surface area contributed by atoms with E-state index in [4.69, 9.17) is 9.72 Å². The number of methoxy groups -OCH3 is 1. The quantitative estimate of drug-likeness (QED) is 0.796. The molecule has 3 rings (SSSR count). The van der Waals surface area contributed by atoms with Crippen molar-refractivity contribution in [2.45, 2.75) is 45.7 Å². The number of nitrogens with one attached hydrogen (secondary N) is 1. The molecule has 1 N–H and O–H groups in total. The fraction of sp³-hybridized carbons (Fsp3) is 0.625. The number of hydrogen-bond donors (Lipinski definition) is 1. The molecule has 0 bridgehead atoms. The first-order valence-corrected chi connectivity index (χ1v) is 8.66. The SMILES string of the molecule is COCCCNCc1nc2sc(C)c(C)c2c(=O)n1C1CC1. The lowest BCUT2D eigenvalue weighted by atomic mass is 10.2. The minimum atomic E-state index is 0.142. The second kappa shape index (κ2) is 6.48. The number of aryl methyl sites for hydroxylation is 2. The number of fused-ring (bicyclic) bond motifs is 1. The largest absolute Gasteiger partial charge is 0.385 e. The van der Waals surface area contributed by atoms with Gasteiger partial charge in [-0.3, -0.25) is 9.36 Å². The second-order valence-corrected chi connectivity index (χ2v) is 7.12. The van der Waals surface area contributed by atoms with E-state index >= 15 is 0 Å². The van der Waals surface area contributed by atoms with E-state index in [0.29, 0.717) is 12.6 Å². The standard InChI is InChI=1S/C16H23N3O2S/c1-10-11(2)22-15-14(10)16(20)19(12-5-6-12)13(18-15)9-17-7-4-8-21-3/h12,17H,4-9H2,1-3H3. The maximum absolute atomic E-state index is 12.9. The number of nitrogens with zero attached hydrogens (tertiary/aromatic N) is 2. The Hall–Kier alpha value is -1.24. The smallest absolute Gasteiger partial charge is 0.262 e. The topological polar surface area (TPSA) is 56.1 Å². The van der Waals surface area contributed by atoms with Crippen LogP contribution in [0.3, 0.4) is 0 Å². The van der Waals surface area contributed by atoms with Crippen LogP contribution >= 0.6 is 11.3 Å². The molecule has 1 aliphatic rings. The van der Waals surface area contributed by atoms with Crippen LogP contribution in [-0.2, 0) is 11.3 Å². The van der Waals surface area contributed by atoms with Gasteiger partial charge in [0, 0.05) is 24.6 Å². The van der Waals surface area contributed by atoms with Crippen molar-refractivity contribution in [3.8, 4) is 0 Å². The minimum Gasteiger partial charge on any atom is -0.385 e. The lowest BCUT2D eigenvalue weighted by Crippen LogP contribution is -2.28. The average molecular weight is 321 g/mol. The van der Waals surface area contributed by atoms with E-state index in [-0.39, 0.29) is 5.56 Å². The van der Waals surface area contributed by atoms with Crippen molar-refractivity contribution < 1.29 is 4.74 Å². The molecule has 0 amide bonds. The first-order chi connectivity index (χ1) is 10.6. The predicted octanol–water partition coefficient (Wildman–Crippen LogP) is 2.54. The molecule has 2 aromatic rings. The summed E-state index contributed by atoms with van der Waals surface area (Å²) in [6.07, 6.45) is 3.14. The summed E-state index contributed by atoms with van der Waals surface area (Å²) < 4.78 is 6.97. The van der Waals surface area contributed by atoms with Crippen molar-refractivity contribution in [3.63, 3.8) is 0 Å². The Kier molecular flexibility index (Phi) is 4.61. The Morgan fingerprint density at radius 2 is 2.18 bits per heavy atom. The van der Waals surface area contributed by atoms with E-state index in [9.17, 15) is 4.79 Å². The number of thiophene rings is 1. The molecule has 1 fully saturated rings. The molecule has 0 spiro atoms. The summed E-state index contributed by atoms with van der Waals surface area (Å²) in [7, 11) is 1.71. The van der Waals surface area contributed by atoms with Gasteiger partial charge in [-0.25, -0.2) is 4.98 Å². The highest BCUT2D eigenvalue weighted by atomic mass is 32.1. The number of rotatable bonds is 7. The summed E-state index contributed by atoms with van der Waals surface area (Å²) in [6.45, 7) is 6.34. The van der Waals surface area contributed by atoms with Crippen LogP contribution in [0.4, 0.5) is 0 Å². The summed E-state index contributed by atoms with van der Waals surface area (Å²) >= 11 is 1.62. The van der Waals surface area contributed by atoms with E-state index in [1.54, 1.807) is 18.4 Å². The van der Waals surface area contributed by atoms with Crippen LogP contribution in [0.2, 0.25) is 0 Å². The Morgan fingerprint density at radius 1 is 1.41 bits per heavy atom. The van der Waals surface area contributed by atoms with Crippen LogP contribution in [0.5, 0.6) is 0 Å². The Balaban J connectivity index is 1.91. The van der Waals surface area contributed by atoms with E-state index in [1.807, 2.05) is 11.5 Å². The first kappa shape index (κ1) is 15.6. The fourth-order valence-corrected chi connectivity index (χ4v) is 3.76. The summed E-state index contributed by atoms with van der Waals surface area (Å²) in [5.74, 6) is 0.874. The lowest BCUT2D eigenvalue weighted by molar-refractivity contribution is 0.194. The van der Waals surface area contributed by atoms with Gasteiger partial charge in [-0.2, -0.15) is 0 Å². The van der Waals surface area contributed by atoms with E-state index < -0.39 is 0 Å². The second-order valence-electron chi connectivity index (χ2n) is 5.92. The molecule has 0 atom stereocenters. The summed E-state index contributed by atoms with van der Waals surface area (Å²) in [5.41, 5.74) is 1.23. The van der Waals surface area contributed by atoms with Crippen LogP contribution in [-0.4, -0.2) is 29.8 Å². The molecule has 0 radical (unpaired) electrons. The zero-order valence-electron chi connectivity index (χ0n) is 13.4. The average Bonchev–Trinajstić information content (AvgIpc) is 3.26. The molecular formula is C16H23N3O2S.